The van der Waals surface area contributed by atoms with Gasteiger partial charge in [0, 0.05) is 45.8 Å². The Labute approximate surface area is 121 Å². The smallest absolute Gasteiger partial charge is 0.319 e. The Morgan fingerprint density at radius 3 is 2.20 bits per heavy atom. The summed E-state index contributed by atoms with van der Waals surface area (Å²) in [6.45, 7) is 9.46. The second-order valence-electron chi connectivity index (χ2n) is 5.68. The molecule has 0 radical (unpaired) electrons. The number of urea groups is 1. The number of carbonyl (C=O) groups excluding carboxylic acids is 1. The van der Waals surface area contributed by atoms with Crippen LogP contribution in [0.25, 0.3) is 0 Å². The van der Waals surface area contributed by atoms with E-state index in [-0.39, 0.29) is 12.6 Å². The van der Waals surface area contributed by atoms with Crippen LogP contribution in [0, 0.1) is 5.92 Å². The Morgan fingerprint density at radius 1 is 1.20 bits per heavy atom. The largest absolute Gasteiger partial charge is 0.481 e. The number of hydrogen-bond acceptors (Lipinski definition) is 3. The van der Waals surface area contributed by atoms with E-state index in [4.69, 9.17) is 5.11 Å². The second-order valence-corrected chi connectivity index (χ2v) is 5.68. The molecule has 1 fully saturated rings. The number of amides is 2. The van der Waals surface area contributed by atoms with Crippen molar-refractivity contribution < 1.29 is 14.7 Å². The first-order valence-electron chi connectivity index (χ1n) is 7.33. The van der Waals surface area contributed by atoms with Crippen LogP contribution in [0.3, 0.4) is 0 Å². The van der Waals surface area contributed by atoms with Crippen molar-refractivity contribution in [1.29, 1.82) is 0 Å². The highest BCUT2D eigenvalue weighted by Crippen LogP contribution is 2.11. The van der Waals surface area contributed by atoms with Gasteiger partial charge in [0.05, 0.1) is 5.92 Å². The van der Waals surface area contributed by atoms with E-state index in [2.05, 4.69) is 18.7 Å². The van der Waals surface area contributed by atoms with E-state index in [1.807, 2.05) is 4.90 Å². The first kappa shape index (κ1) is 16.8. The van der Waals surface area contributed by atoms with E-state index in [0.29, 0.717) is 6.04 Å². The van der Waals surface area contributed by atoms with E-state index in [9.17, 15) is 9.59 Å². The Kier molecular flexibility index (Phi) is 6.26. The van der Waals surface area contributed by atoms with Crippen LogP contribution in [0.5, 0.6) is 0 Å². The van der Waals surface area contributed by atoms with E-state index in [1.54, 1.807) is 14.0 Å². The summed E-state index contributed by atoms with van der Waals surface area (Å²) in [4.78, 5) is 28.8. The molecule has 116 valence electrons. The predicted octanol–water partition coefficient (Wildman–Crippen LogP) is 1.17. The molecule has 1 rings (SSSR count). The quantitative estimate of drug-likeness (QED) is 0.823. The molecule has 6 heteroatoms. The van der Waals surface area contributed by atoms with E-state index < -0.39 is 11.9 Å². The number of carboxylic acids is 1. The molecular weight excluding hydrogens is 258 g/mol. The van der Waals surface area contributed by atoms with Gasteiger partial charge >= 0.3 is 12.0 Å². The topological polar surface area (TPSA) is 64.1 Å². The lowest BCUT2D eigenvalue weighted by atomic mass is 10.2. The molecule has 1 saturated heterocycles. The van der Waals surface area contributed by atoms with E-state index in [1.165, 1.54) is 4.90 Å². The number of aliphatic carboxylic acids is 1. The maximum atomic E-state index is 12.2. The number of carbonyl (C=O) groups is 2. The number of piperazine rings is 1. The average Bonchev–Trinajstić information content (AvgIpc) is 2.45. The molecule has 1 N–H and O–H groups in total. The molecule has 0 aromatic rings. The first-order chi connectivity index (χ1) is 9.36. The lowest BCUT2D eigenvalue weighted by molar-refractivity contribution is -0.141. The summed E-state index contributed by atoms with van der Waals surface area (Å²) in [5, 5.41) is 8.89. The fourth-order valence-electron chi connectivity index (χ4n) is 2.42. The van der Waals surface area contributed by atoms with Crippen LogP contribution in [0.1, 0.15) is 27.2 Å². The summed E-state index contributed by atoms with van der Waals surface area (Å²) in [5.74, 6) is -1.41. The van der Waals surface area contributed by atoms with Gasteiger partial charge < -0.3 is 14.9 Å². The summed E-state index contributed by atoms with van der Waals surface area (Å²) in [7, 11) is 1.67. The Hall–Kier alpha value is -1.30. The third-order valence-corrected chi connectivity index (χ3v) is 4.09. The molecule has 2 amide bonds. The van der Waals surface area contributed by atoms with Crippen LogP contribution >= 0.6 is 0 Å². The zero-order valence-corrected chi connectivity index (χ0v) is 13.0. The van der Waals surface area contributed by atoms with E-state index >= 15 is 0 Å². The third kappa shape index (κ3) is 4.37. The fourth-order valence-corrected chi connectivity index (χ4v) is 2.42. The zero-order valence-electron chi connectivity index (χ0n) is 13.0. The minimum Gasteiger partial charge on any atom is -0.481 e. The second kappa shape index (κ2) is 7.47. The van der Waals surface area contributed by atoms with Gasteiger partial charge in [0.25, 0.3) is 0 Å². The van der Waals surface area contributed by atoms with Crippen LogP contribution < -0.4 is 0 Å². The summed E-state index contributed by atoms with van der Waals surface area (Å²) < 4.78 is 0. The summed E-state index contributed by atoms with van der Waals surface area (Å²) in [5.41, 5.74) is 0. The minimum atomic E-state index is -0.869. The molecule has 0 aromatic carbocycles. The molecule has 1 aliphatic heterocycles. The fraction of sp³-hybridized carbons (Fsp3) is 0.857. The lowest BCUT2D eigenvalue weighted by Crippen LogP contribution is -2.54. The molecule has 0 spiro atoms. The van der Waals surface area contributed by atoms with Gasteiger partial charge in [0.1, 0.15) is 0 Å². The molecule has 0 aromatic heterocycles. The molecule has 0 aliphatic carbocycles. The Morgan fingerprint density at radius 2 is 1.75 bits per heavy atom. The van der Waals surface area contributed by atoms with Crippen molar-refractivity contribution in [3.8, 4) is 0 Å². The van der Waals surface area contributed by atoms with Crippen molar-refractivity contribution in [2.45, 2.75) is 33.2 Å². The van der Waals surface area contributed by atoms with Gasteiger partial charge in [0.2, 0.25) is 0 Å². The normalized spacial score (nSPS) is 19.5. The van der Waals surface area contributed by atoms with Gasteiger partial charge in [-0.15, -0.1) is 0 Å². The molecule has 0 bridgehead atoms. The highest BCUT2D eigenvalue weighted by molar-refractivity contribution is 5.76. The molecule has 6 nitrogen and oxygen atoms in total. The van der Waals surface area contributed by atoms with Gasteiger partial charge in [-0.05, 0) is 13.3 Å². The van der Waals surface area contributed by atoms with E-state index in [0.717, 1.165) is 32.6 Å². The SMILES string of the molecule is CCC(C)N1CCN(C(=O)N(C)CC(C)C(=O)O)CC1. The maximum absolute atomic E-state index is 12.2. The minimum absolute atomic E-state index is 0.0677. The van der Waals surface area contributed by atoms with Gasteiger partial charge in [0.15, 0.2) is 0 Å². The Bertz CT molecular complexity index is 341. The van der Waals surface area contributed by atoms with Crippen molar-refractivity contribution in [3.05, 3.63) is 0 Å². The Balaban J connectivity index is 2.44. The van der Waals surface area contributed by atoms with Crippen molar-refractivity contribution in [3.63, 3.8) is 0 Å². The third-order valence-electron chi connectivity index (χ3n) is 4.09. The molecule has 2 atom stereocenters. The van der Waals surface area contributed by atoms with Gasteiger partial charge in [-0.3, -0.25) is 9.69 Å². The van der Waals surface area contributed by atoms with Gasteiger partial charge in [-0.2, -0.15) is 0 Å². The van der Waals surface area contributed by atoms with Crippen molar-refractivity contribution in [2.24, 2.45) is 5.92 Å². The standard InChI is InChI=1S/C14H27N3O3/c1-5-12(3)16-6-8-17(9-7-16)14(20)15(4)10-11(2)13(18)19/h11-12H,5-10H2,1-4H3,(H,18,19). The molecule has 1 heterocycles. The van der Waals surface area contributed by atoms with Crippen molar-refractivity contribution in [1.82, 2.24) is 14.7 Å². The van der Waals surface area contributed by atoms with Crippen LogP contribution in [0.2, 0.25) is 0 Å². The monoisotopic (exact) mass is 285 g/mol. The average molecular weight is 285 g/mol. The van der Waals surface area contributed by atoms with Crippen LogP contribution in [0.4, 0.5) is 4.79 Å². The van der Waals surface area contributed by atoms with Gasteiger partial charge in [-0.25, -0.2) is 4.79 Å². The molecule has 2 unspecified atom stereocenters. The van der Waals surface area contributed by atoms with Crippen LogP contribution in [-0.2, 0) is 4.79 Å². The number of carboxylic acid groups (broad SMARTS) is 1. The molecular formula is C14H27N3O3. The zero-order chi connectivity index (χ0) is 15.3. The first-order valence-corrected chi connectivity index (χ1v) is 7.33. The van der Waals surface area contributed by atoms with Gasteiger partial charge in [-0.1, -0.05) is 13.8 Å². The van der Waals surface area contributed by atoms with Crippen molar-refractivity contribution in [2.75, 3.05) is 39.8 Å². The lowest BCUT2D eigenvalue weighted by Gasteiger charge is -2.39. The van der Waals surface area contributed by atoms with Crippen LogP contribution in [0.15, 0.2) is 0 Å². The number of nitrogens with zero attached hydrogens (tertiary/aromatic N) is 3. The predicted molar refractivity (Wildman–Crippen MR) is 77.7 cm³/mol. The van der Waals surface area contributed by atoms with Crippen LogP contribution in [-0.4, -0.2) is 77.6 Å². The number of rotatable bonds is 5. The molecule has 20 heavy (non-hydrogen) atoms. The maximum Gasteiger partial charge on any atom is 0.319 e. The summed E-state index contributed by atoms with van der Waals surface area (Å²) >= 11 is 0. The number of hydrogen-bond donors (Lipinski definition) is 1. The highest BCUT2D eigenvalue weighted by atomic mass is 16.4. The molecule has 1 aliphatic rings. The van der Waals surface area contributed by atoms with Crippen molar-refractivity contribution >= 4 is 12.0 Å². The molecule has 0 saturated carbocycles. The summed E-state index contributed by atoms with van der Waals surface area (Å²) in [6.07, 6.45) is 1.12. The highest BCUT2D eigenvalue weighted by Gasteiger charge is 2.26. The summed E-state index contributed by atoms with van der Waals surface area (Å²) in [6, 6.07) is 0.485.